The predicted molar refractivity (Wildman–Crippen MR) is 95.6 cm³/mol. The van der Waals surface area contributed by atoms with E-state index in [9.17, 15) is 0 Å². The van der Waals surface area contributed by atoms with Crippen molar-refractivity contribution in [2.24, 2.45) is 0 Å². The second-order valence-corrected chi connectivity index (χ2v) is 5.62. The molecule has 4 heteroatoms. The average Bonchev–Trinajstić information content (AvgIpc) is 3.06. The molecular formula is C20H17N3O. The molecule has 4 rings (SSSR count). The molecule has 118 valence electrons. The van der Waals surface area contributed by atoms with Gasteiger partial charge in [-0.15, -0.1) is 0 Å². The topological polar surface area (TPSA) is 39.9 Å². The van der Waals surface area contributed by atoms with E-state index in [2.05, 4.69) is 27.8 Å². The highest BCUT2D eigenvalue weighted by molar-refractivity contribution is 5.84. The van der Waals surface area contributed by atoms with Gasteiger partial charge >= 0.3 is 0 Å². The van der Waals surface area contributed by atoms with E-state index in [4.69, 9.17) is 9.72 Å². The number of imidazole rings is 1. The van der Waals surface area contributed by atoms with Gasteiger partial charge in [-0.3, -0.25) is 0 Å². The maximum absolute atomic E-state index is 5.44. The molecule has 0 bridgehead atoms. The molecule has 0 atom stereocenters. The minimum absolute atomic E-state index is 0.829. The molecule has 0 saturated carbocycles. The minimum Gasteiger partial charge on any atom is -0.496 e. The highest BCUT2D eigenvalue weighted by atomic mass is 16.5. The van der Waals surface area contributed by atoms with Crippen LogP contribution in [0.3, 0.4) is 0 Å². The van der Waals surface area contributed by atoms with Crippen LogP contribution in [0.2, 0.25) is 0 Å². The molecule has 4 nitrogen and oxygen atoms in total. The molecule has 0 fully saturated rings. The molecule has 0 N–H and O–H groups in total. The molecule has 4 aromatic rings. The fourth-order valence-electron chi connectivity index (χ4n) is 2.92. The van der Waals surface area contributed by atoms with E-state index in [-0.39, 0.29) is 0 Å². The first-order chi connectivity index (χ1) is 11.8. The summed E-state index contributed by atoms with van der Waals surface area (Å²) in [7, 11) is 1.68. The minimum atomic E-state index is 0.829. The lowest BCUT2D eigenvalue weighted by Gasteiger charge is -2.10. The smallest absolute Gasteiger partial charge is 0.128 e. The number of aromatic nitrogens is 3. The first-order valence-corrected chi connectivity index (χ1v) is 7.81. The van der Waals surface area contributed by atoms with E-state index < -0.39 is 0 Å². The van der Waals surface area contributed by atoms with Crippen molar-refractivity contribution >= 4 is 10.9 Å². The molecule has 0 aliphatic carbocycles. The zero-order valence-corrected chi connectivity index (χ0v) is 13.6. The molecule has 2 aromatic carbocycles. The number of hydrogen-bond acceptors (Lipinski definition) is 3. The molecule has 0 aliphatic heterocycles. The van der Waals surface area contributed by atoms with E-state index in [1.54, 1.807) is 7.11 Å². The van der Waals surface area contributed by atoms with Crippen molar-refractivity contribution in [1.82, 2.24) is 14.5 Å². The standard InChI is InChI=1S/C20H17N3O/c1-14-21-11-12-23(14)16-8-10-18-15(13-16)7-9-19(22-18)17-5-3-4-6-20(17)24-2/h3-13H,1-2H3. The van der Waals surface area contributed by atoms with Gasteiger partial charge in [-0.05, 0) is 43.3 Å². The molecule has 0 spiro atoms. The van der Waals surface area contributed by atoms with Crippen molar-refractivity contribution in [3.63, 3.8) is 0 Å². The molecule has 0 aliphatic rings. The van der Waals surface area contributed by atoms with Crippen LogP contribution < -0.4 is 4.74 Å². The SMILES string of the molecule is COc1ccccc1-c1ccc2cc(-n3ccnc3C)ccc2n1. The molecule has 0 saturated heterocycles. The van der Waals surface area contributed by atoms with Crippen molar-refractivity contribution < 1.29 is 4.74 Å². The summed E-state index contributed by atoms with van der Waals surface area (Å²) in [6.07, 6.45) is 3.77. The Labute approximate surface area is 140 Å². The average molecular weight is 315 g/mol. The summed E-state index contributed by atoms with van der Waals surface area (Å²) in [6.45, 7) is 1.99. The maximum atomic E-state index is 5.44. The fraction of sp³-hybridized carbons (Fsp3) is 0.100. The predicted octanol–water partition coefficient (Wildman–Crippen LogP) is 4.40. The van der Waals surface area contributed by atoms with Crippen molar-refractivity contribution in [3.8, 4) is 22.7 Å². The Bertz CT molecular complexity index is 1020. The Kier molecular flexibility index (Phi) is 3.50. The molecule has 0 unspecified atom stereocenters. The summed E-state index contributed by atoms with van der Waals surface area (Å²) in [5.41, 5.74) is 3.95. The fourth-order valence-corrected chi connectivity index (χ4v) is 2.92. The van der Waals surface area contributed by atoms with Crippen LogP contribution in [0.4, 0.5) is 0 Å². The van der Waals surface area contributed by atoms with Crippen LogP contribution in [0.1, 0.15) is 5.82 Å². The van der Waals surface area contributed by atoms with Gasteiger partial charge in [0.15, 0.2) is 0 Å². The zero-order valence-electron chi connectivity index (χ0n) is 13.6. The Morgan fingerprint density at radius 2 is 1.88 bits per heavy atom. The monoisotopic (exact) mass is 315 g/mol. The molecule has 2 aromatic heterocycles. The van der Waals surface area contributed by atoms with E-state index in [1.165, 1.54) is 0 Å². The Hall–Kier alpha value is -3.14. The van der Waals surface area contributed by atoms with Gasteiger partial charge in [-0.2, -0.15) is 0 Å². The Morgan fingerprint density at radius 3 is 2.67 bits per heavy atom. The summed E-state index contributed by atoms with van der Waals surface area (Å²) >= 11 is 0. The van der Waals surface area contributed by atoms with Gasteiger partial charge in [0.2, 0.25) is 0 Å². The second-order valence-electron chi connectivity index (χ2n) is 5.62. The number of benzene rings is 2. The third-order valence-corrected chi connectivity index (χ3v) is 4.16. The lowest BCUT2D eigenvalue weighted by atomic mass is 10.1. The molecule has 0 amide bonds. The number of para-hydroxylation sites is 1. The maximum Gasteiger partial charge on any atom is 0.128 e. The van der Waals surface area contributed by atoms with Gasteiger partial charge in [0.05, 0.1) is 18.3 Å². The van der Waals surface area contributed by atoms with Crippen LogP contribution in [-0.4, -0.2) is 21.6 Å². The van der Waals surface area contributed by atoms with Crippen LogP contribution in [0.15, 0.2) is 67.0 Å². The number of rotatable bonds is 3. The van der Waals surface area contributed by atoms with Gasteiger partial charge < -0.3 is 9.30 Å². The molecular weight excluding hydrogens is 298 g/mol. The number of methoxy groups -OCH3 is 1. The van der Waals surface area contributed by atoms with Crippen molar-refractivity contribution in [3.05, 3.63) is 72.8 Å². The van der Waals surface area contributed by atoms with Gasteiger partial charge in [0.25, 0.3) is 0 Å². The largest absolute Gasteiger partial charge is 0.496 e. The summed E-state index contributed by atoms with van der Waals surface area (Å²) in [6, 6.07) is 18.3. The summed E-state index contributed by atoms with van der Waals surface area (Å²) < 4.78 is 7.51. The molecule has 24 heavy (non-hydrogen) atoms. The van der Waals surface area contributed by atoms with E-state index >= 15 is 0 Å². The van der Waals surface area contributed by atoms with Gasteiger partial charge in [0.1, 0.15) is 11.6 Å². The highest BCUT2D eigenvalue weighted by Gasteiger charge is 2.08. The number of fused-ring (bicyclic) bond motifs is 1. The number of aryl methyl sites for hydroxylation is 1. The Balaban J connectivity index is 1.81. The van der Waals surface area contributed by atoms with Crippen LogP contribution in [0.5, 0.6) is 5.75 Å². The highest BCUT2D eigenvalue weighted by Crippen LogP contribution is 2.30. The van der Waals surface area contributed by atoms with Crippen LogP contribution in [-0.2, 0) is 0 Å². The summed E-state index contributed by atoms with van der Waals surface area (Å²) in [5, 5.41) is 1.10. The van der Waals surface area contributed by atoms with Crippen LogP contribution in [0, 0.1) is 6.92 Å². The van der Waals surface area contributed by atoms with E-state index in [1.807, 2.05) is 55.7 Å². The van der Waals surface area contributed by atoms with Crippen molar-refractivity contribution in [1.29, 1.82) is 0 Å². The van der Waals surface area contributed by atoms with Gasteiger partial charge in [0, 0.05) is 29.0 Å². The number of hydrogen-bond donors (Lipinski definition) is 0. The second kappa shape index (κ2) is 5.81. The van der Waals surface area contributed by atoms with Crippen molar-refractivity contribution in [2.75, 3.05) is 7.11 Å². The lowest BCUT2D eigenvalue weighted by molar-refractivity contribution is 0.416. The summed E-state index contributed by atoms with van der Waals surface area (Å²) in [4.78, 5) is 9.07. The summed E-state index contributed by atoms with van der Waals surface area (Å²) in [5.74, 6) is 1.79. The van der Waals surface area contributed by atoms with Gasteiger partial charge in [-0.1, -0.05) is 18.2 Å². The number of pyridine rings is 1. The number of ether oxygens (including phenoxy) is 1. The normalized spacial score (nSPS) is 10.9. The first-order valence-electron chi connectivity index (χ1n) is 7.81. The van der Waals surface area contributed by atoms with Gasteiger partial charge in [-0.25, -0.2) is 9.97 Å². The quantitative estimate of drug-likeness (QED) is 0.562. The lowest BCUT2D eigenvalue weighted by Crippen LogP contribution is -1.96. The van der Waals surface area contributed by atoms with E-state index in [0.717, 1.165) is 39.4 Å². The Morgan fingerprint density at radius 1 is 1.00 bits per heavy atom. The van der Waals surface area contributed by atoms with Crippen molar-refractivity contribution in [2.45, 2.75) is 6.92 Å². The van der Waals surface area contributed by atoms with Crippen LogP contribution in [0.25, 0.3) is 27.8 Å². The zero-order chi connectivity index (χ0) is 16.5. The molecule has 2 heterocycles. The van der Waals surface area contributed by atoms with E-state index in [0.29, 0.717) is 0 Å². The van der Waals surface area contributed by atoms with Crippen LogP contribution >= 0.6 is 0 Å². The number of nitrogens with zero attached hydrogens (tertiary/aromatic N) is 3. The molecule has 0 radical (unpaired) electrons. The third-order valence-electron chi connectivity index (χ3n) is 4.16. The third kappa shape index (κ3) is 2.42. The first kappa shape index (κ1) is 14.5.